The zero-order chi connectivity index (χ0) is 37.9. The molecule has 0 saturated heterocycles. The Morgan fingerprint density at radius 1 is 0.673 bits per heavy atom. The van der Waals surface area contributed by atoms with Crippen molar-refractivity contribution in [1.82, 2.24) is 20.0 Å². The first-order chi connectivity index (χ1) is 25.1. The van der Waals surface area contributed by atoms with Gasteiger partial charge in [-0.15, -0.1) is 0 Å². The number of pyridine rings is 1. The van der Waals surface area contributed by atoms with Crippen molar-refractivity contribution in [1.29, 1.82) is 0 Å². The maximum atomic E-state index is 13.5. The van der Waals surface area contributed by atoms with Crippen LogP contribution in [-0.2, 0) is 30.4 Å². The predicted molar refractivity (Wildman–Crippen MR) is 199 cm³/mol. The summed E-state index contributed by atoms with van der Waals surface area (Å²) in [5.74, 6) is -2.48. The number of hydrogen-bond acceptors (Lipinski definition) is 10. The summed E-state index contributed by atoms with van der Waals surface area (Å²) >= 11 is 0. The van der Waals surface area contributed by atoms with E-state index in [4.69, 9.17) is 28.7 Å². The smallest absolute Gasteiger partial charge is 0.247 e. The standard InChI is InChI=1S/C36H53N11O5/c37-14-18-45(19-15-38)33(49)24-47(25-34(50)46(20-16-39)21-17-40)32(48)13-11-29(41)35(51)44-31(12-10-26-6-2-1-3-7-26)36(52)43-28-22-27-8-4-5-9-30(27)42-23-28/h1-9,22-23,29,31H,10-21,24-25,37-41H2,(H,43,52)(H,44,51)/p+1/t29-,31-/m0/s1. The van der Waals surface area contributed by atoms with Gasteiger partial charge in [0.05, 0.1) is 6.04 Å². The summed E-state index contributed by atoms with van der Waals surface area (Å²) < 4.78 is 0. The third kappa shape index (κ3) is 13.3. The first-order valence-corrected chi connectivity index (χ1v) is 17.5. The lowest BCUT2D eigenvalue weighted by molar-refractivity contribution is -0.343. The lowest BCUT2D eigenvalue weighted by Gasteiger charge is -2.29. The van der Waals surface area contributed by atoms with Crippen LogP contribution < -0.4 is 44.3 Å². The van der Waals surface area contributed by atoms with E-state index in [1.807, 2.05) is 60.7 Å². The number of nitrogens with one attached hydrogen (secondary N) is 3. The van der Waals surface area contributed by atoms with Crippen LogP contribution in [0.4, 0.5) is 5.69 Å². The van der Waals surface area contributed by atoms with Gasteiger partial charge < -0.3 is 54.0 Å². The summed E-state index contributed by atoms with van der Waals surface area (Å²) in [5.41, 5.74) is 31.3. The van der Waals surface area contributed by atoms with Gasteiger partial charge in [0.1, 0.15) is 24.8 Å². The maximum Gasteiger partial charge on any atom is 0.247 e. The van der Waals surface area contributed by atoms with Gasteiger partial charge in [-0.05, 0) is 37.0 Å². The number of nitrogens with two attached hydrogens (primary N) is 5. The number of aromatic amines is 1. The van der Waals surface area contributed by atoms with Crippen LogP contribution in [0.5, 0.6) is 0 Å². The zero-order valence-electron chi connectivity index (χ0n) is 29.7. The van der Waals surface area contributed by atoms with Crippen LogP contribution in [0.15, 0.2) is 66.9 Å². The minimum Gasteiger partial charge on any atom is -0.343 e. The van der Waals surface area contributed by atoms with E-state index in [1.165, 1.54) is 9.80 Å². The maximum absolute atomic E-state index is 13.5. The fourth-order valence-corrected chi connectivity index (χ4v) is 5.60. The highest BCUT2D eigenvalue weighted by Gasteiger charge is 2.28. The molecule has 3 rings (SSSR count). The third-order valence-corrected chi connectivity index (χ3v) is 8.43. The second-order valence-electron chi connectivity index (χ2n) is 12.4. The predicted octanol–water partition coefficient (Wildman–Crippen LogP) is -1.86. The molecule has 282 valence electrons. The molecule has 0 bridgehead atoms. The van der Waals surface area contributed by atoms with E-state index in [9.17, 15) is 24.0 Å². The van der Waals surface area contributed by atoms with Crippen LogP contribution in [0.2, 0.25) is 0 Å². The molecular weight excluding hydrogens is 666 g/mol. The zero-order valence-corrected chi connectivity index (χ0v) is 29.7. The fraction of sp³-hybridized carbons (Fsp3) is 0.444. The first kappa shape index (κ1) is 41.4. The van der Waals surface area contributed by atoms with Gasteiger partial charge in [-0.2, -0.15) is 0 Å². The first-order valence-electron chi connectivity index (χ1n) is 17.5. The molecule has 16 nitrogen and oxygen atoms in total. The lowest BCUT2D eigenvalue weighted by atomic mass is 10.0. The minimum absolute atomic E-state index is 0.110. The Morgan fingerprint density at radius 3 is 1.81 bits per heavy atom. The largest absolute Gasteiger partial charge is 0.343 e. The molecule has 0 radical (unpaired) electrons. The van der Waals surface area contributed by atoms with Gasteiger partial charge in [0.15, 0.2) is 6.20 Å². The number of carbonyl (C=O) groups excluding carboxylic acids is 5. The molecule has 0 aliphatic rings. The highest BCUT2D eigenvalue weighted by Crippen LogP contribution is 2.15. The van der Waals surface area contributed by atoms with Crippen LogP contribution in [0.1, 0.15) is 24.8 Å². The van der Waals surface area contributed by atoms with E-state index < -0.39 is 54.7 Å². The number of hydrogen-bond donors (Lipinski definition) is 7. The number of aryl methyl sites for hydroxylation is 1. The molecule has 2 atom stereocenters. The Morgan fingerprint density at radius 2 is 1.23 bits per heavy atom. The quantitative estimate of drug-likeness (QED) is 0.0609. The summed E-state index contributed by atoms with van der Waals surface area (Å²) in [5, 5.41) is 6.54. The molecule has 0 fully saturated rings. The van der Waals surface area contributed by atoms with Crippen molar-refractivity contribution in [2.24, 2.45) is 28.7 Å². The van der Waals surface area contributed by atoms with Gasteiger partial charge in [-0.25, -0.2) is 4.98 Å². The number of amides is 5. The summed E-state index contributed by atoms with van der Waals surface area (Å²) in [6.07, 6.45) is 2.11. The van der Waals surface area contributed by atoms with Gasteiger partial charge in [0.2, 0.25) is 35.1 Å². The van der Waals surface area contributed by atoms with Crippen LogP contribution >= 0.6 is 0 Å². The second kappa shape index (κ2) is 22.0. The van der Waals surface area contributed by atoms with Crippen molar-refractivity contribution in [2.75, 3.05) is 70.8 Å². The molecular formula is C36H54N11O5+. The van der Waals surface area contributed by atoms with Crippen molar-refractivity contribution in [3.8, 4) is 0 Å². The molecule has 2 aromatic carbocycles. The molecule has 13 N–H and O–H groups in total. The van der Waals surface area contributed by atoms with Crippen molar-refractivity contribution in [2.45, 2.75) is 37.8 Å². The van der Waals surface area contributed by atoms with Crippen LogP contribution in [-0.4, -0.2) is 122 Å². The average Bonchev–Trinajstić information content (AvgIpc) is 3.14. The Labute approximate surface area is 304 Å². The summed E-state index contributed by atoms with van der Waals surface area (Å²) in [4.78, 5) is 73.9. The minimum atomic E-state index is -1.17. The summed E-state index contributed by atoms with van der Waals surface area (Å²) in [7, 11) is 0. The third-order valence-electron chi connectivity index (χ3n) is 8.43. The number of carbonyl (C=O) groups is 5. The van der Waals surface area contributed by atoms with Gasteiger partial charge in [0.25, 0.3) is 0 Å². The molecule has 16 heteroatoms. The van der Waals surface area contributed by atoms with Gasteiger partial charge >= 0.3 is 0 Å². The van der Waals surface area contributed by atoms with Gasteiger partial charge in [-0.1, -0.05) is 42.5 Å². The highest BCUT2D eigenvalue weighted by atomic mass is 16.2. The number of H-pyrrole nitrogens is 1. The number of aromatic nitrogens is 1. The normalized spacial score (nSPS) is 12.1. The molecule has 0 unspecified atom stereocenters. The molecule has 52 heavy (non-hydrogen) atoms. The number of para-hydroxylation sites is 1. The Kier molecular flexibility index (Phi) is 17.6. The highest BCUT2D eigenvalue weighted by molar-refractivity contribution is 5.98. The van der Waals surface area contributed by atoms with E-state index in [1.54, 1.807) is 6.20 Å². The van der Waals surface area contributed by atoms with Gasteiger partial charge in [-0.3, -0.25) is 24.0 Å². The number of fused-ring (bicyclic) bond motifs is 1. The van der Waals surface area contributed by atoms with E-state index in [0.29, 0.717) is 12.1 Å². The molecule has 1 heterocycles. The van der Waals surface area contributed by atoms with Crippen molar-refractivity contribution < 1.29 is 29.0 Å². The van der Waals surface area contributed by atoms with E-state index in [0.717, 1.165) is 21.4 Å². The van der Waals surface area contributed by atoms with E-state index in [-0.39, 0.29) is 71.6 Å². The molecule has 3 aromatic rings. The monoisotopic (exact) mass is 720 g/mol. The molecule has 1 aromatic heterocycles. The summed E-state index contributed by atoms with van der Waals surface area (Å²) in [6.45, 7) is 0.844. The van der Waals surface area contributed by atoms with Crippen molar-refractivity contribution in [3.05, 3.63) is 72.4 Å². The van der Waals surface area contributed by atoms with Crippen molar-refractivity contribution in [3.63, 3.8) is 0 Å². The van der Waals surface area contributed by atoms with Crippen LogP contribution in [0, 0.1) is 0 Å². The average molecular weight is 721 g/mol. The Bertz CT molecular complexity index is 1570. The van der Waals surface area contributed by atoms with Crippen molar-refractivity contribution >= 4 is 46.1 Å². The number of rotatable bonds is 22. The lowest BCUT2D eigenvalue weighted by Crippen LogP contribution is -2.51. The van der Waals surface area contributed by atoms with Crippen LogP contribution in [0.3, 0.4) is 0 Å². The van der Waals surface area contributed by atoms with E-state index in [2.05, 4.69) is 15.6 Å². The number of anilines is 1. The summed E-state index contributed by atoms with van der Waals surface area (Å²) in [6, 6.07) is 16.9. The number of nitrogens with zero attached hydrogens (tertiary/aromatic N) is 3. The molecule has 0 aliphatic heterocycles. The Hall–Kier alpha value is -5.00. The molecule has 0 saturated carbocycles. The SMILES string of the molecule is NCCN(CCN)C(=O)CN(CC(=O)N(CCN)CCN)C(=O)CC[C@H](N)C(=O)N[C@@H](CCc1ccccc1)C(=O)Nc1c[nH+]c2ccccc2c1. The van der Waals surface area contributed by atoms with Crippen LogP contribution in [0.25, 0.3) is 10.9 Å². The second-order valence-corrected chi connectivity index (χ2v) is 12.4. The fourth-order valence-electron chi connectivity index (χ4n) is 5.60. The Balaban J connectivity index is 1.71. The topological polar surface area (TPSA) is 263 Å². The molecule has 0 spiro atoms. The van der Waals surface area contributed by atoms with Gasteiger partial charge in [0, 0.05) is 70.2 Å². The molecule has 5 amide bonds. The number of benzene rings is 2. The molecule has 0 aliphatic carbocycles. The van der Waals surface area contributed by atoms with E-state index >= 15 is 0 Å².